The minimum Gasteiger partial charge on any atom is -0.497 e. The van der Waals surface area contributed by atoms with Gasteiger partial charge in [0.2, 0.25) is 0 Å². The summed E-state index contributed by atoms with van der Waals surface area (Å²) in [5.74, 6) is 4.29. The van der Waals surface area contributed by atoms with Gasteiger partial charge in [-0.05, 0) is 109 Å². The molecule has 0 saturated heterocycles. The third-order valence-electron chi connectivity index (χ3n) is 9.25. The zero-order valence-electron chi connectivity index (χ0n) is 18.0. The maximum absolute atomic E-state index is 5.50. The van der Waals surface area contributed by atoms with Gasteiger partial charge in [-0.1, -0.05) is 31.2 Å². The Balaban J connectivity index is 1.33. The van der Waals surface area contributed by atoms with E-state index in [1.807, 2.05) is 0 Å². The van der Waals surface area contributed by atoms with Crippen molar-refractivity contribution in [3.05, 3.63) is 58.7 Å². The second kappa shape index (κ2) is 6.27. The summed E-state index contributed by atoms with van der Waals surface area (Å²) >= 11 is 0. The van der Waals surface area contributed by atoms with E-state index in [1.165, 1.54) is 49.8 Å². The molecule has 2 heteroatoms. The molecule has 1 aliphatic heterocycles. The molecular weight excluding hydrogens is 354 g/mol. The van der Waals surface area contributed by atoms with Crippen molar-refractivity contribution in [1.82, 2.24) is 0 Å². The van der Waals surface area contributed by atoms with Crippen LogP contribution in [0.1, 0.15) is 60.8 Å². The molecule has 0 amide bonds. The van der Waals surface area contributed by atoms with Crippen LogP contribution in [0.25, 0.3) is 0 Å². The molecule has 4 aliphatic rings. The molecule has 2 aromatic carbocycles. The Labute approximate surface area is 175 Å². The molecule has 2 nitrogen and oxygen atoms in total. The molecule has 1 N–H and O–H groups in total. The molecule has 2 saturated carbocycles. The fraction of sp³-hybridized carbons (Fsp3) is 0.556. The number of anilines is 1. The van der Waals surface area contributed by atoms with Crippen LogP contribution in [-0.2, 0) is 12.8 Å². The van der Waals surface area contributed by atoms with Crippen LogP contribution < -0.4 is 10.1 Å². The summed E-state index contributed by atoms with van der Waals surface area (Å²) < 4.78 is 5.50. The maximum Gasteiger partial charge on any atom is 0.119 e. The van der Waals surface area contributed by atoms with E-state index in [0.717, 1.165) is 29.4 Å². The molecule has 0 spiro atoms. The zero-order valence-corrected chi connectivity index (χ0v) is 18.0. The van der Waals surface area contributed by atoms with Crippen molar-refractivity contribution in [3.63, 3.8) is 0 Å². The number of benzene rings is 2. The summed E-state index contributed by atoms with van der Waals surface area (Å²) in [7, 11) is 1.78. The third kappa shape index (κ3) is 2.47. The first-order chi connectivity index (χ1) is 14.1. The van der Waals surface area contributed by atoms with Crippen LogP contribution in [-0.4, -0.2) is 13.2 Å². The van der Waals surface area contributed by atoms with E-state index >= 15 is 0 Å². The van der Waals surface area contributed by atoms with Gasteiger partial charge in [-0.3, -0.25) is 0 Å². The van der Waals surface area contributed by atoms with E-state index in [9.17, 15) is 0 Å². The van der Waals surface area contributed by atoms with Crippen LogP contribution in [0.15, 0.2) is 36.4 Å². The fourth-order valence-corrected chi connectivity index (χ4v) is 7.89. The highest BCUT2D eigenvalue weighted by Gasteiger charge is 2.59. The largest absolute Gasteiger partial charge is 0.497 e. The van der Waals surface area contributed by atoms with Crippen LogP contribution in [0.4, 0.5) is 5.69 Å². The van der Waals surface area contributed by atoms with E-state index in [-0.39, 0.29) is 0 Å². The first-order valence-corrected chi connectivity index (χ1v) is 11.6. The topological polar surface area (TPSA) is 21.3 Å². The monoisotopic (exact) mass is 387 g/mol. The number of ether oxygens (including phenoxy) is 1. The first kappa shape index (κ1) is 17.9. The number of nitrogens with one attached hydrogen (secondary N) is 1. The van der Waals surface area contributed by atoms with Crippen molar-refractivity contribution in [2.24, 2.45) is 23.2 Å². The maximum atomic E-state index is 5.50. The van der Waals surface area contributed by atoms with Crippen molar-refractivity contribution < 1.29 is 4.74 Å². The van der Waals surface area contributed by atoms with Crippen LogP contribution >= 0.6 is 0 Å². The molecule has 6 atom stereocenters. The predicted octanol–water partition coefficient (Wildman–Crippen LogP) is 6.12. The number of fused-ring (bicyclic) bond motifs is 8. The highest BCUT2D eigenvalue weighted by atomic mass is 16.5. The van der Waals surface area contributed by atoms with Gasteiger partial charge in [-0.25, -0.2) is 0 Å². The summed E-state index contributed by atoms with van der Waals surface area (Å²) in [5.41, 5.74) is 8.03. The Bertz CT molecular complexity index is 965. The average Bonchev–Trinajstić information content (AvgIpc) is 3.04. The number of rotatable bonds is 1. The van der Waals surface area contributed by atoms with Gasteiger partial charge in [0.15, 0.2) is 0 Å². The Morgan fingerprint density at radius 3 is 2.86 bits per heavy atom. The zero-order chi connectivity index (χ0) is 19.8. The van der Waals surface area contributed by atoms with Crippen molar-refractivity contribution >= 4 is 5.69 Å². The lowest BCUT2D eigenvalue weighted by Crippen LogP contribution is -2.48. The second-order valence-electron chi connectivity index (χ2n) is 10.5. The van der Waals surface area contributed by atoms with E-state index in [4.69, 9.17) is 4.74 Å². The lowest BCUT2D eigenvalue weighted by atomic mass is 9.55. The lowest BCUT2D eigenvalue weighted by Gasteiger charge is -2.51. The quantitative estimate of drug-likeness (QED) is 0.636. The Kier molecular flexibility index (Phi) is 3.86. The Hall–Kier alpha value is -1.96. The van der Waals surface area contributed by atoms with Gasteiger partial charge in [0.1, 0.15) is 5.75 Å². The van der Waals surface area contributed by atoms with Crippen LogP contribution in [0, 0.1) is 30.1 Å². The molecule has 3 aliphatic carbocycles. The van der Waals surface area contributed by atoms with Gasteiger partial charge >= 0.3 is 0 Å². The van der Waals surface area contributed by atoms with Crippen molar-refractivity contribution in [1.29, 1.82) is 0 Å². The number of methoxy groups -OCH3 is 1. The van der Waals surface area contributed by atoms with Gasteiger partial charge in [0.05, 0.1) is 7.11 Å². The molecule has 2 fully saturated rings. The first-order valence-electron chi connectivity index (χ1n) is 11.6. The SMILES string of the molecule is COc1ccc2c(c1)CC[C@@H]1[C@@H]2CC[C@@]2(C)[C@H]1C[C@H]1Cc3cccc(C)c3N[C@@H]12. The van der Waals surface area contributed by atoms with E-state index in [2.05, 4.69) is 55.6 Å². The van der Waals surface area contributed by atoms with Crippen molar-refractivity contribution in [2.75, 3.05) is 12.4 Å². The van der Waals surface area contributed by atoms with Crippen LogP contribution in [0.5, 0.6) is 5.75 Å². The average molecular weight is 388 g/mol. The molecule has 29 heavy (non-hydrogen) atoms. The minimum atomic E-state index is 0.440. The molecule has 6 rings (SSSR count). The van der Waals surface area contributed by atoms with Gasteiger partial charge < -0.3 is 10.1 Å². The summed E-state index contributed by atoms with van der Waals surface area (Å²) in [5, 5.41) is 4.08. The molecule has 0 radical (unpaired) electrons. The van der Waals surface area contributed by atoms with E-state index in [1.54, 1.807) is 23.8 Å². The van der Waals surface area contributed by atoms with Crippen molar-refractivity contribution in [3.8, 4) is 5.75 Å². The summed E-state index contributed by atoms with van der Waals surface area (Å²) in [6, 6.07) is 14.4. The van der Waals surface area contributed by atoms with Crippen LogP contribution in [0.3, 0.4) is 0 Å². The fourth-order valence-electron chi connectivity index (χ4n) is 7.89. The molecular formula is C27H33NO. The van der Waals surface area contributed by atoms with E-state index < -0.39 is 0 Å². The minimum absolute atomic E-state index is 0.440. The van der Waals surface area contributed by atoms with Crippen molar-refractivity contribution in [2.45, 2.75) is 64.3 Å². The second-order valence-corrected chi connectivity index (χ2v) is 10.5. The summed E-state index contributed by atoms with van der Waals surface area (Å²) in [6.45, 7) is 4.89. The summed E-state index contributed by atoms with van der Waals surface area (Å²) in [6.07, 6.45) is 7.97. The molecule has 152 valence electrons. The van der Waals surface area contributed by atoms with Crippen LogP contribution in [0.2, 0.25) is 0 Å². The smallest absolute Gasteiger partial charge is 0.119 e. The third-order valence-corrected chi connectivity index (χ3v) is 9.25. The number of hydrogen-bond acceptors (Lipinski definition) is 2. The predicted molar refractivity (Wildman–Crippen MR) is 119 cm³/mol. The number of para-hydroxylation sites is 1. The van der Waals surface area contributed by atoms with E-state index in [0.29, 0.717) is 11.5 Å². The van der Waals surface area contributed by atoms with Gasteiger partial charge in [0.25, 0.3) is 0 Å². The van der Waals surface area contributed by atoms with Gasteiger partial charge in [-0.2, -0.15) is 0 Å². The van der Waals surface area contributed by atoms with Gasteiger partial charge in [-0.15, -0.1) is 0 Å². The standard InChI is InChI=1S/C27H33NO/c1-16-5-4-6-18-13-19-15-24-23-9-7-17-14-20(29-3)8-10-21(17)22(23)11-12-27(24,2)26(19)28-25(16)18/h4-6,8,10,14,19,22-24,26,28H,7,9,11-13,15H2,1-3H3/t19-,22-,23-,24+,26+,27+/m1/s1. The summed E-state index contributed by atoms with van der Waals surface area (Å²) in [4.78, 5) is 0. The normalized spacial score (nSPS) is 36.7. The molecule has 2 aromatic rings. The highest BCUT2D eigenvalue weighted by Crippen LogP contribution is 2.64. The Morgan fingerprint density at radius 2 is 2.00 bits per heavy atom. The molecule has 0 unspecified atom stereocenters. The Morgan fingerprint density at radius 1 is 1.10 bits per heavy atom. The molecule has 1 heterocycles. The lowest BCUT2D eigenvalue weighted by molar-refractivity contribution is 0.0530. The van der Waals surface area contributed by atoms with Gasteiger partial charge in [0, 0.05) is 11.7 Å². The number of aryl methyl sites for hydroxylation is 2. The molecule has 0 aromatic heterocycles. The number of hydrogen-bond donors (Lipinski definition) is 1. The highest BCUT2D eigenvalue weighted by molar-refractivity contribution is 5.60. The molecule has 0 bridgehead atoms.